The first-order valence-electron chi connectivity index (χ1n) is 8.67. The van der Waals surface area contributed by atoms with Gasteiger partial charge in [0.15, 0.2) is 12.0 Å². The smallest absolute Gasteiger partial charge is 0.330 e. The highest BCUT2D eigenvalue weighted by atomic mass is 35.6. The molecule has 0 heterocycles. The van der Waals surface area contributed by atoms with E-state index in [9.17, 15) is 19.2 Å². The monoisotopic (exact) mass is 480 g/mol. The summed E-state index contributed by atoms with van der Waals surface area (Å²) in [6.07, 6.45) is 0. The molecule has 0 radical (unpaired) electrons. The van der Waals surface area contributed by atoms with Crippen molar-refractivity contribution >= 4 is 64.2 Å². The molecule has 0 spiro atoms. The van der Waals surface area contributed by atoms with Crippen LogP contribution in [0.1, 0.15) is 20.8 Å². The first-order valence-corrected chi connectivity index (χ1v) is 9.81. The summed E-state index contributed by atoms with van der Waals surface area (Å²) in [5.74, 6) is -6.00. The SMILES string of the molecule is COC(=O)C(C(=O)NC(C)(C)C)C(C(=O)OC)N(C(=O)C(Cl)(Cl)Cl)c1ccccc1. The zero-order valence-corrected chi connectivity index (χ0v) is 19.3. The molecule has 8 nitrogen and oxygen atoms in total. The summed E-state index contributed by atoms with van der Waals surface area (Å²) in [5.41, 5.74) is -0.664. The molecule has 0 fully saturated rings. The normalized spacial score (nSPS) is 13.6. The molecule has 2 atom stereocenters. The maximum atomic E-state index is 13.0. The molecule has 30 heavy (non-hydrogen) atoms. The van der Waals surface area contributed by atoms with E-state index in [1.54, 1.807) is 39.0 Å². The highest BCUT2D eigenvalue weighted by Crippen LogP contribution is 2.34. The molecule has 0 saturated heterocycles. The molecular formula is C19H23Cl3N2O6. The van der Waals surface area contributed by atoms with Crippen LogP contribution >= 0.6 is 34.8 Å². The van der Waals surface area contributed by atoms with Crippen LogP contribution < -0.4 is 10.2 Å². The minimum atomic E-state index is -2.50. The molecule has 0 saturated carbocycles. The van der Waals surface area contributed by atoms with Crippen molar-refractivity contribution in [1.82, 2.24) is 5.32 Å². The standard InChI is InChI=1S/C19H23Cl3N2O6/c1-18(2,3)23-14(25)12(15(26)29-4)13(16(27)30-5)24(17(28)19(20,21)22)11-9-7-6-8-10-11/h6-10,12-13H,1-5H3,(H,23,25). The van der Waals surface area contributed by atoms with E-state index in [0.717, 1.165) is 19.1 Å². The number of carbonyl (C=O) groups excluding carboxylic acids is 4. The number of carbonyl (C=O) groups is 4. The van der Waals surface area contributed by atoms with Crippen LogP contribution in [-0.4, -0.2) is 53.3 Å². The maximum absolute atomic E-state index is 13.0. The number of esters is 2. The van der Waals surface area contributed by atoms with Gasteiger partial charge in [0.05, 0.1) is 14.2 Å². The van der Waals surface area contributed by atoms with E-state index in [1.807, 2.05) is 0 Å². The van der Waals surface area contributed by atoms with Crippen LogP contribution in [0.15, 0.2) is 30.3 Å². The van der Waals surface area contributed by atoms with Crippen molar-refractivity contribution in [3.8, 4) is 0 Å². The van der Waals surface area contributed by atoms with Crippen LogP contribution in [-0.2, 0) is 28.7 Å². The Labute approximate surface area is 189 Å². The van der Waals surface area contributed by atoms with Crippen molar-refractivity contribution in [2.45, 2.75) is 36.1 Å². The molecule has 2 unspecified atom stereocenters. The predicted molar refractivity (Wildman–Crippen MR) is 113 cm³/mol. The molecular weight excluding hydrogens is 459 g/mol. The van der Waals surface area contributed by atoms with Gasteiger partial charge in [-0.25, -0.2) is 4.79 Å². The molecule has 11 heteroatoms. The number of alkyl halides is 3. The van der Waals surface area contributed by atoms with Gasteiger partial charge in [-0.2, -0.15) is 0 Å². The van der Waals surface area contributed by atoms with Crippen LogP contribution in [0.2, 0.25) is 0 Å². The highest BCUT2D eigenvalue weighted by Gasteiger charge is 2.50. The fraction of sp³-hybridized carbons (Fsp3) is 0.474. The quantitative estimate of drug-likeness (QED) is 0.381. The molecule has 166 valence electrons. The Balaban J connectivity index is 3.73. The number of nitrogens with zero attached hydrogens (tertiary/aromatic N) is 1. The summed E-state index contributed by atoms with van der Waals surface area (Å²) < 4.78 is 7.02. The molecule has 0 bridgehead atoms. The number of ether oxygens (including phenoxy) is 2. The molecule has 0 aliphatic heterocycles. The van der Waals surface area contributed by atoms with Crippen molar-refractivity contribution < 1.29 is 28.7 Å². The third-order valence-corrected chi connectivity index (χ3v) is 4.25. The van der Waals surface area contributed by atoms with Crippen molar-refractivity contribution in [2.24, 2.45) is 5.92 Å². The minimum absolute atomic E-state index is 0.0988. The van der Waals surface area contributed by atoms with Crippen molar-refractivity contribution in [3.05, 3.63) is 30.3 Å². The predicted octanol–water partition coefficient (Wildman–Crippen LogP) is 2.64. The number of hydrogen-bond acceptors (Lipinski definition) is 6. The Morgan fingerprint density at radius 3 is 1.83 bits per heavy atom. The lowest BCUT2D eigenvalue weighted by atomic mass is 9.94. The number of benzene rings is 1. The van der Waals surface area contributed by atoms with Crippen LogP contribution in [0.3, 0.4) is 0 Å². The summed E-state index contributed by atoms with van der Waals surface area (Å²) in [7, 11) is 2.08. The number of anilines is 1. The Morgan fingerprint density at radius 1 is 0.933 bits per heavy atom. The van der Waals surface area contributed by atoms with Gasteiger partial charge in [0.25, 0.3) is 9.70 Å². The van der Waals surface area contributed by atoms with E-state index in [0.29, 0.717) is 0 Å². The lowest BCUT2D eigenvalue weighted by Crippen LogP contribution is -2.60. The van der Waals surface area contributed by atoms with Gasteiger partial charge in [-0.1, -0.05) is 53.0 Å². The summed E-state index contributed by atoms with van der Waals surface area (Å²) >= 11 is 17.4. The fourth-order valence-corrected chi connectivity index (χ4v) is 2.87. The fourth-order valence-electron chi connectivity index (χ4n) is 2.59. The average Bonchev–Trinajstić information content (AvgIpc) is 2.65. The van der Waals surface area contributed by atoms with E-state index in [4.69, 9.17) is 44.3 Å². The first kappa shape index (κ1) is 26.0. The number of para-hydroxylation sites is 1. The molecule has 1 rings (SSSR count). The number of amides is 2. The largest absolute Gasteiger partial charge is 0.468 e. The number of methoxy groups -OCH3 is 2. The zero-order valence-electron chi connectivity index (χ0n) is 17.1. The number of hydrogen-bond donors (Lipinski definition) is 1. The first-order chi connectivity index (χ1) is 13.7. The Bertz CT molecular complexity index is 790. The Morgan fingerprint density at radius 2 is 1.43 bits per heavy atom. The van der Waals surface area contributed by atoms with E-state index in [-0.39, 0.29) is 5.69 Å². The second-order valence-electron chi connectivity index (χ2n) is 7.22. The topological polar surface area (TPSA) is 102 Å². The molecule has 0 aliphatic carbocycles. The number of rotatable bonds is 6. The Kier molecular flexibility index (Phi) is 8.95. The highest BCUT2D eigenvalue weighted by molar-refractivity contribution is 6.77. The van der Waals surface area contributed by atoms with E-state index >= 15 is 0 Å². The number of nitrogens with one attached hydrogen (secondary N) is 1. The second kappa shape index (κ2) is 10.3. The zero-order chi connectivity index (χ0) is 23.3. The van der Waals surface area contributed by atoms with Crippen molar-refractivity contribution in [2.75, 3.05) is 19.1 Å². The lowest BCUT2D eigenvalue weighted by molar-refractivity contribution is -0.158. The third-order valence-electron chi connectivity index (χ3n) is 3.77. The second-order valence-corrected chi connectivity index (χ2v) is 9.50. The minimum Gasteiger partial charge on any atom is -0.468 e. The molecule has 2 amide bonds. The molecule has 1 aromatic carbocycles. The maximum Gasteiger partial charge on any atom is 0.330 e. The molecule has 1 aromatic rings. The van der Waals surface area contributed by atoms with Gasteiger partial charge in [-0.3, -0.25) is 19.3 Å². The van der Waals surface area contributed by atoms with Crippen molar-refractivity contribution in [3.63, 3.8) is 0 Å². The van der Waals surface area contributed by atoms with Gasteiger partial charge in [0.1, 0.15) is 0 Å². The lowest BCUT2D eigenvalue weighted by Gasteiger charge is -2.35. The Hall–Kier alpha value is -2.03. The van der Waals surface area contributed by atoms with Crippen LogP contribution in [0.25, 0.3) is 0 Å². The van der Waals surface area contributed by atoms with E-state index in [2.05, 4.69) is 5.32 Å². The van der Waals surface area contributed by atoms with Gasteiger partial charge in [-0.05, 0) is 32.9 Å². The number of halogens is 3. The van der Waals surface area contributed by atoms with Gasteiger partial charge in [0, 0.05) is 11.2 Å². The summed E-state index contributed by atoms with van der Waals surface area (Å²) in [6.45, 7) is 5.02. The van der Waals surface area contributed by atoms with Crippen LogP contribution in [0.4, 0.5) is 5.69 Å². The van der Waals surface area contributed by atoms with Gasteiger partial charge >= 0.3 is 11.9 Å². The summed E-state index contributed by atoms with van der Waals surface area (Å²) in [6, 6.07) is 5.85. The van der Waals surface area contributed by atoms with E-state index < -0.39 is 45.0 Å². The third kappa shape index (κ3) is 6.75. The molecule has 0 aromatic heterocycles. The van der Waals surface area contributed by atoms with Gasteiger partial charge in [0.2, 0.25) is 5.91 Å². The van der Waals surface area contributed by atoms with E-state index in [1.165, 1.54) is 12.1 Å². The summed E-state index contributed by atoms with van der Waals surface area (Å²) in [4.78, 5) is 52.1. The molecule has 1 N–H and O–H groups in total. The van der Waals surface area contributed by atoms with Crippen molar-refractivity contribution in [1.29, 1.82) is 0 Å². The van der Waals surface area contributed by atoms with Crippen LogP contribution in [0.5, 0.6) is 0 Å². The van der Waals surface area contributed by atoms with Gasteiger partial charge in [-0.15, -0.1) is 0 Å². The molecule has 0 aliphatic rings. The summed E-state index contributed by atoms with van der Waals surface area (Å²) in [5, 5.41) is 2.59. The van der Waals surface area contributed by atoms with Gasteiger partial charge < -0.3 is 14.8 Å². The van der Waals surface area contributed by atoms with Crippen LogP contribution in [0, 0.1) is 5.92 Å². The average molecular weight is 482 g/mol.